The molecule has 21 heavy (non-hydrogen) atoms. The van der Waals surface area contributed by atoms with E-state index in [9.17, 15) is 4.39 Å². The van der Waals surface area contributed by atoms with Crippen molar-refractivity contribution in [1.29, 1.82) is 0 Å². The van der Waals surface area contributed by atoms with Crippen molar-refractivity contribution in [2.24, 2.45) is 5.92 Å². The highest BCUT2D eigenvalue weighted by atomic mass is 19.1. The quantitative estimate of drug-likeness (QED) is 0.877. The second kappa shape index (κ2) is 6.71. The number of rotatable bonds is 5. The van der Waals surface area contributed by atoms with Crippen LogP contribution in [-0.4, -0.2) is 29.8 Å². The van der Waals surface area contributed by atoms with Gasteiger partial charge in [-0.05, 0) is 40.2 Å². The van der Waals surface area contributed by atoms with Crippen LogP contribution < -0.4 is 10.6 Å². The molecule has 5 heteroatoms. The molecule has 2 N–H and O–H groups in total. The van der Waals surface area contributed by atoms with E-state index in [4.69, 9.17) is 4.74 Å². The van der Waals surface area contributed by atoms with Crippen molar-refractivity contribution >= 4 is 5.82 Å². The van der Waals surface area contributed by atoms with Crippen molar-refractivity contribution < 1.29 is 9.13 Å². The minimum absolute atomic E-state index is 0.0439. The minimum atomic E-state index is -0.264. The maximum absolute atomic E-state index is 14.5. The van der Waals surface area contributed by atoms with Crippen molar-refractivity contribution in [2.75, 3.05) is 18.5 Å². The Labute approximate surface area is 126 Å². The second-order valence-electron chi connectivity index (χ2n) is 6.79. The number of hydrogen-bond donors (Lipinski definition) is 2. The molecule has 0 aliphatic carbocycles. The van der Waals surface area contributed by atoms with Crippen LogP contribution in [0.15, 0.2) is 12.3 Å². The van der Waals surface area contributed by atoms with Gasteiger partial charge in [-0.3, -0.25) is 0 Å². The molecule has 0 aromatic carbocycles. The van der Waals surface area contributed by atoms with E-state index in [1.807, 2.05) is 0 Å². The second-order valence-corrected chi connectivity index (χ2v) is 6.79. The van der Waals surface area contributed by atoms with Gasteiger partial charge in [0, 0.05) is 42.4 Å². The highest BCUT2D eigenvalue weighted by Crippen LogP contribution is 2.22. The highest BCUT2D eigenvalue weighted by molar-refractivity contribution is 5.41. The van der Waals surface area contributed by atoms with E-state index >= 15 is 0 Å². The molecule has 4 nitrogen and oxygen atoms in total. The van der Waals surface area contributed by atoms with Crippen molar-refractivity contribution in [2.45, 2.75) is 52.2 Å². The number of nitrogens with one attached hydrogen (secondary N) is 2. The summed E-state index contributed by atoms with van der Waals surface area (Å²) in [6.07, 6.45) is 2.67. The molecule has 2 unspecified atom stereocenters. The maximum atomic E-state index is 14.5. The fraction of sp³-hybridized carbons (Fsp3) is 0.688. The third-order valence-electron chi connectivity index (χ3n) is 3.81. The number of nitrogens with zero attached hydrogens (tertiary/aromatic N) is 1. The molecule has 1 aromatic rings. The first kappa shape index (κ1) is 16.2. The number of aromatic nitrogens is 1. The van der Waals surface area contributed by atoms with Gasteiger partial charge < -0.3 is 15.4 Å². The van der Waals surface area contributed by atoms with E-state index in [1.54, 1.807) is 12.3 Å². The molecule has 0 spiro atoms. The lowest BCUT2D eigenvalue weighted by atomic mass is 10.0. The normalized spacial score (nSPS) is 20.5. The average Bonchev–Trinajstić information content (AvgIpc) is 2.92. The van der Waals surface area contributed by atoms with Gasteiger partial charge >= 0.3 is 0 Å². The number of halogens is 1. The summed E-state index contributed by atoms with van der Waals surface area (Å²) in [4.78, 5) is 4.14. The lowest BCUT2D eigenvalue weighted by Crippen LogP contribution is -2.35. The van der Waals surface area contributed by atoms with Gasteiger partial charge in [0.2, 0.25) is 0 Å². The van der Waals surface area contributed by atoms with Gasteiger partial charge in [0.25, 0.3) is 0 Å². The SMILES string of the molecule is CC(Nc1nccc(CNC(C)(C)C)c1F)C1CCOC1. The lowest BCUT2D eigenvalue weighted by Gasteiger charge is -2.22. The van der Waals surface area contributed by atoms with Crippen LogP contribution in [-0.2, 0) is 11.3 Å². The molecule has 1 aliphatic heterocycles. The first-order valence-corrected chi connectivity index (χ1v) is 7.59. The van der Waals surface area contributed by atoms with Gasteiger partial charge in [0.05, 0.1) is 6.61 Å². The van der Waals surface area contributed by atoms with E-state index in [0.717, 1.165) is 19.6 Å². The summed E-state index contributed by atoms with van der Waals surface area (Å²) in [7, 11) is 0. The molecular weight excluding hydrogens is 269 g/mol. The van der Waals surface area contributed by atoms with E-state index in [0.29, 0.717) is 23.8 Å². The Balaban J connectivity index is 2.02. The van der Waals surface area contributed by atoms with Gasteiger partial charge in [-0.15, -0.1) is 0 Å². The molecule has 0 amide bonds. The Bertz CT molecular complexity index is 467. The number of pyridine rings is 1. The summed E-state index contributed by atoms with van der Waals surface area (Å²) < 4.78 is 19.9. The van der Waals surface area contributed by atoms with Crippen molar-refractivity contribution in [1.82, 2.24) is 10.3 Å². The molecular formula is C16H26FN3O. The highest BCUT2D eigenvalue weighted by Gasteiger charge is 2.23. The van der Waals surface area contributed by atoms with Crippen molar-refractivity contribution in [3.63, 3.8) is 0 Å². The van der Waals surface area contributed by atoms with E-state index in [2.05, 4.69) is 43.3 Å². The van der Waals surface area contributed by atoms with Crippen molar-refractivity contribution in [3.8, 4) is 0 Å². The molecule has 1 aliphatic rings. The smallest absolute Gasteiger partial charge is 0.169 e. The largest absolute Gasteiger partial charge is 0.381 e. The number of ether oxygens (including phenoxy) is 1. The zero-order valence-corrected chi connectivity index (χ0v) is 13.4. The zero-order chi connectivity index (χ0) is 15.5. The topological polar surface area (TPSA) is 46.2 Å². The molecule has 1 aromatic heterocycles. The third kappa shape index (κ3) is 4.64. The van der Waals surface area contributed by atoms with E-state index < -0.39 is 0 Å². The minimum Gasteiger partial charge on any atom is -0.381 e. The number of hydrogen-bond acceptors (Lipinski definition) is 4. The van der Waals surface area contributed by atoms with Crippen LogP contribution in [0.1, 0.15) is 39.7 Å². The summed E-state index contributed by atoms with van der Waals surface area (Å²) in [6.45, 7) is 10.3. The van der Waals surface area contributed by atoms with Crippen LogP contribution in [0.4, 0.5) is 10.2 Å². The molecule has 1 saturated heterocycles. The Kier molecular flexibility index (Phi) is 5.17. The molecule has 0 radical (unpaired) electrons. The van der Waals surface area contributed by atoms with Gasteiger partial charge in [0.15, 0.2) is 11.6 Å². The van der Waals surface area contributed by atoms with Crippen LogP contribution in [0, 0.1) is 11.7 Å². The van der Waals surface area contributed by atoms with Crippen LogP contribution in [0.25, 0.3) is 0 Å². The predicted molar refractivity (Wildman–Crippen MR) is 82.8 cm³/mol. The maximum Gasteiger partial charge on any atom is 0.169 e. The monoisotopic (exact) mass is 295 g/mol. The Hall–Kier alpha value is -1.20. The first-order valence-electron chi connectivity index (χ1n) is 7.59. The molecule has 1 fully saturated rings. The average molecular weight is 295 g/mol. The first-order chi connectivity index (χ1) is 9.87. The standard InChI is InChI=1S/C16H26FN3O/c1-11(13-6-8-21-10-13)20-15-14(17)12(5-7-18-15)9-19-16(2,3)4/h5,7,11,13,19H,6,8-10H2,1-4H3,(H,18,20). The summed E-state index contributed by atoms with van der Waals surface area (Å²) in [5, 5.41) is 6.49. The summed E-state index contributed by atoms with van der Waals surface area (Å²) in [5.74, 6) is 0.491. The number of anilines is 1. The van der Waals surface area contributed by atoms with Crippen LogP contribution in [0.3, 0.4) is 0 Å². The van der Waals surface area contributed by atoms with Gasteiger partial charge in [0.1, 0.15) is 0 Å². The molecule has 118 valence electrons. The van der Waals surface area contributed by atoms with Gasteiger partial charge in [-0.1, -0.05) is 0 Å². The molecule has 2 heterocycles. The zero-order valence-electron chi connectivity index (χ0n) is 13.4. The summed E-state index contributed by atoms with van der Waals surface area (Å²) in [5.41, 5.74) is 0.593. The molecule has 0 saturated carbocycles. The Morgan fingerprint density at radius 2 is 2.24 bits per heavy atom. The van der Waals surface area contributed by atoms with Crippen molar-refractivity contribution in [3.05, 3.63) is 23.6 Å². The fourth-order valence-electron chi connectivity index (χ4n) is 2.36. The van der Waals surface area contributed by atoms with Crippen LogP contribution >= 0.6 is 0 Å². The third-order valence-corrected chi connectivity index (χ3v) is 3.81. The predicted octanol–water partition coefficient (Wildman–Crippen LogP) is 2.95. The van der Waals surface area contributed by atoms with E-state index in [1.165, 1.54) is 0 Å². The molecule has 2 atom stereocenters. The summed E-state index contributed by atoms with van der Waals surface area (Å²) in [6, 6.07) is 1.88. The van der Waals surface area contributed by atoms with Crippen LogP contribution in [0.5, 0.6) is 0 Å². The molecule has 0 bridgehead atoms. The fourth-order valence-corrected chi connectivity index (χ4v) is 2.36. The van der Waals surface area contributed by atoms with E-state index in [-0.39, 0.29) is 17.4 Å². The Morgan fingerprint density at radius 3 is 2.86 bits per heavy atom. The Morgan fingerprint density at radius 1 is 1.48 bits per heavy atom. The van der Waals surface area contributed by atoms with Gasteiger partial charge in [-0.25, -0.2) is 9.37 Å². The van der Waals surface area contributed by atoms with Crippen LogP contribution in [0.2, 0.25) is 0 Å². The lowest BCUT2D eigenvalue weighted by molar-refractivity contribution is 0.183. The molecule has 2 rings (SSSR count). The van der Waals surface area contributed by atoms with Gasteiger partial charge in [-0.2, -0.15) is 0 Å². The summed E-state index contributed by atoms with van der Waals surface area (Å²) >= 11 is 0.